The first-order valence-electron chi connectivity index (χ1n) is 6.86. The summed E-state index contributed by atoms with van der Waals surface area (Å²) in [5.41, 5.74) is 1.18. The molecule has 0 unspecified atom stereocenters. The third kappa shape index (κ3) is 2.69. The average molecular weight is 262 g/mol. The number of rotatable bonds is 4. The summed E-state index contributed by atoms with van der Waals surface area (Å²) in [6.45, 7) is 4.05. The lowest BCUT2D eigenvalue weighted by Crippen LogP contribution is -2.42. The summed E-state index contributed by atoms with van der Waals surface area (Å²) in [6, 6.07) is 0.370. The lowest BCUT2D eigenvalue weighted by Gasteiger charge is -2.34. The smallest absolute Gasteiger partial charge is 0.274 e. The van der Waals surface area contributed by atoms with Crippen LogP contribution in [0.3, 0.4) is 0 Å². The molecular formula is C14H22N4O. The van der Waals surface area contributed by atoms with Gasteiger partial charge in [-0.3, -0.25) is 4.79 Å². The summed E-state index contributed by atoms with van der Waals surface area (Å²) in [5.74, 6) is 0.911. The van der Waals surface area contributed by atoms with Crippen molar-refractivity contribution in [1.82, 2.24) is 14.9 Å². The Labute approximate surface area is 114 Å². The van der Waals surface area contributed by atoms with Crippen molar-refractivity contribution in [3.63, 3.8) is 0 Å². The van der Waals surface area contributed by atoms with Crippen molar-refractivity contribution in [1.29, 1.82) is 0 Å². The lowest BCUT2D eigenvalue weighted by atomic mass is 9.91. The first kappa shape index (κ1) is 13.8. The Morgan fingerprint density at radius 2 is 2.16 bits per heavy atom. The summed E-state index contributed by atoms with van der Waals surface area (Å²) < 4.78 is 0. The normalized spacial score (nSPS) is 15.2. The van der Waals surface area contributed by atoms with Crippen molar-refractivity contribution in [2.75, 3.05) is 19.4 Å². The number of anilines is 1. The maximum atomic E-state index is 12.5. The minimum absolute atomic E-state index is 0.0154. The van der Waals surface area contributed by atoms with E-state index in [1.54, 1.807) is 13.2 Å². The fourth-order valence-electron chi connectivity index (χ4n) is 2.13. The zero-order valence-electron chi connectivity index (χ0n) is 12.1. The van der Waals surface area contributed by atoms with Gasteiger partial charge in [-0.2, -0.15) is 0 Å². The largest absolute Gasteiger partial charge is 0.385 e. The number of nitrogens with zero attached hydrogens (tertiary/aromatic N) is 3. The SMILES string of the molecule is CNc1cnc(C(C)C)nc1C(=O)N(C)C1CCC1. The zero-order chi connectivity index (χ0) is 14.0. The molecule has 104 valence electrons. The van der Waals surface area contributed by atoms with Gasteiger partial charge in [-0.1, -0.05) is 13.8 Å². The topological polar surface area (TPSA) is 58.1 Å². The molecule has 0 saturated heterocycles. The van der Waals surface area contributed by atoms with Crippen LogP contribution in [0.4, 0.5) is 5.69 Å². The average Bonchev–Trinajstić information content (AvgIpc) is 2.34. The molecular weight excluding hydrogens is 240 g/mol. The molecule has 1 fully saturated rings. The highest BCUT2D eigenvalue weighted by atomic mass is 16.2. The molecule has 0 atom stereocenters. The Morgan fingerprint density at radius 1 is 1.47 bits per heavy atom. The van der Waals surface area contributed by atoms with Crippen LogP contribution in [0.2, 0.25) is 0 Å². The van der Waals surface area contributed by atoms with Crippen molar-refractivity contribution < 1.29 is 4.79 Å². The third-order valence-electron chi connectivity index (χ3n) is 3.74. The minimum Gasteiger partial charge on any atom is -0.385 e. The van der Waals surface area contributed by atoms with E-state index in [0.29, 0.717) is 23.2 Å². The molecule has 0 aromatic carbocycles. The van der Waals surface area contributed by atoms with E-state index in [2.05, 4.69) is 15.3 Å². The van der Waals surface area contributed by atoms with Crippen molar-refractivity contribution >= 4 is 11.6 Å². The standard InChI is InChI=1S/C14H22N4O/c1-9(2)13-16-8-11(15-3)12(17-13)14(19)18(4)10-6-5-7-10/h8-10,15H,5-7H2,1-4H3. The van der Waals surface area contributed by atoms with E-state index in [1.807, 2.05) is 25.8 Å². The van der Waals surface area contributed by atoms with Gasteiger partial charge in [0.2, 0.25) is 0 Å². The van der Waals surface area contributed by atoms with Gasteiger partial charge >= 0.3 is 0 Å². The van der Waals surface area contributed by atoms with Crippen LogP contribution >= 0.6 is 0 Å². The van der Waals surface area contributed by atoms with Crippen LogP contribution < -0.4 is 5.32 Å². The molecule has 0 aliphatic heterocycles. The maximum Gasteiger partial charge on any atom is 0.274 e. The number of aromatic nitrogens is 2. The van der Waals surface area contributed by atoms with Crippen LogP contribution in [0.5, 0.6) is 0 Å². The summed E-state index contributed by atoms with van der Waals surface area (Å²) >= 11 is 0. The molecule has 5 heteroatoms. The molecule has 1 N–H and O–H groups in total. The zero-order valence-corrected chi connectivity index (χ0v) is 12.1. The third-order valence-corrected chi connectivity index (χ3v) is 3.74. The summed E-state index contributed by atoms with van der Waals surface area (Å²) in [4.78, 5) is 23.1. The fraction of sp³-hybridized carbons (Fsp3) is 0.643. The van der Waals surface area contributed by atoms with Crippen LogP contribution in [0.1, 0.15) is 55.3 Å². The molecule has 1 saturated carbocycles. The van der Waals surface area contributed by atoms with E-state index in [4.69, 9.17) is 0 Å². The van der Waals surface area contributed by atoms with Crippen molar-refractivity contribution in [2.45, 2.75) is 45.1 Å². The van der Waals surface area contributed by atoms with E-state index < -0.39 is 0 Å². The first-order valence-corrected chi connectivity index (χ1v) is 6.86. The molecule has 1 aliphatic carbocycles. The van der Waals surface area contributed by atoms with Gasteiger partial charge in [-0.25, -0.2) is 9.97 Å². The van der Waals surface area contributed by atoms with Gasteiger partial charge in [0.15, 0.2) is 5.69 Å². The van der Waals surface area contributed by atoms with Crippen LogP contribution in [-0.4, -0.2) is 40.9 Å². The van der Waals surface area contributed by atoms with Gasteiger partial charge in [-0.05, 0) is 19.3 Å². The second-order valence-corrected chi connectivity index (χ2v) is 5.40. The predicted octanol–water partition coefficient (Wildman–Crippen LogP) is 2.27. The van der Waals surface area contributed by atoms with Gasteiger partial charge in [-0.15, -0.1) is 0 Å². The molecule has 5 nitrogen and oxygen atoms in total. The lowest BCUT2D eigenvalue weighted by molar-refractivity contribution is 0.0646. The first-order chi connectivity index (χ1) is 9.04. The van der Waals surface area contributed by atoms with Crippen LogP contribution in [0.15, 0.2) is 6.20 Å². The van der Waals surface area contributed by atoms with Crippen LogP contribution in [0, 0.1) is 0 Å². The molecule has 1 heterocycles. The highest BCUT2D eigenvalue weighted by Gasteiger charge is 2.28. The number of carbonyl (C=O) groups excluding carboxylic acids is 1. The number of hydrogen-bond donors (Lipinski definition) is 1. The van der Waals surface area contributed by atoms with Gasteiger partial charge in [0.25, 0.3) is 5.91 Å². The number of amides is 1. The van der Waals surface area contributed by atoms with E-state index in [-0.39, 0.29) is 11.8 Å². The van der Waals surface area contributed by atoms with Crippen LogP contribution in [-0.2, 0) is 0 Å². The molecule has 0 bridgehead atoms. The van der Waals surface area contributed by atoms with Crippen LogP contribution in [0.25, 0.3) is 0 Å². The molecule has 1 aliphatic rings. The minimum atomic E-state index is -0.0154. The summed E-state index contributed by atoms with van der Waals surface area (Å²) in [7, 11) is 3.65. The molecule has 0 radical (unpaired) electrons. The maximum absolute atomic E-state index is 12.5. The van der Waals surface area contributed by atoms with E-state index in [0.717, 1.165) is 12.8 Å². The van der Waals surface area contributed by atoms with E-state index in [9.17, 15) is 4.79 Å². The Morgan fingerprint density at radius 3 is 2.63 bits per heavy atom. The van der Waals surface area contributed by atoms with E-state index >= 15 is 0 Å². The quantitative estimate of drug-likeness (QED) is 0.904. The number of hydrogen-bond acceptors (Lipinski definition) is 4. The van der Waals surface area contributed by atoms with Gasteiger partial charge in [0, 0.05) is 26.1 Å². The molecule has 2 rings (SSSR count). The predicted molar refractivity (Wildman–Crippen MR) is 75.4 cm³/mol. The van der Waals surface area contributed by atoms with Crippen molar-refractivity contribution in [3.8, 4) is 0 Å². The highest BCUT2D eigenvalue weighted by Crippen LogP contribution is 2.26. The van der Waals surface area contributed by atoms with Gasteiger partial charge in [0.05, 0.1) is 11.9 Å². The van der Waals surface area contributed by atoms with Crippen molar-refractivity contribution in [3.05, 3.63) is 17.7 Å². The summed E-state index contributed by atoms with van der Waals surface area (Å²) in [5, 5.41) is 3.00. The number of nitrogens with one attached hydrogen (secondary N) is 1. The molecule has 1 aromatic heterocycles. The van der Waals surface area contributed by atoms with Crippen molar-refractivity contribution in [2.24, 2.45) is 0 Å². The molecule has 0 spiro atoms. The second-order valence-electron chi connectivity index (χ2n) is 5.40. The Kier molecular flexibility index (Phi) is 4.02. The second kappa shape index (κ2) is 5.55. The van der Waals surface area contributed by atoms with E-state index in [1.165, 1.54) is 6.42 Å². The molecule has 1 aromatic rings. The Bertz CT molecular complexity index is 469. The Hall–Kier alpha value is -1.65. The molecule has 19 heavy (non-hydrogen) atoms. The monoisotopic (exact) mass is 262 g/mol. The number of carbonyl (C=O) groups is 1. The fourth-order valence-corrected chi connectivity index (χ4v) is 2.13. The van der Waals surface area contributed by atoms with Gasteiger partial charge < -0.3 is 10.2 Å². The molecule has 1 amide bonds. The Balaban J connectivity index is 2.29. The summed E-state index contributed by atoms with van der Waals surface area (Å²) in [6.07, 6.45) is 5.10. The van der Waals surface area contributed by atoms with Gasteiger partial charge in [0.1, 0.15) is 5.82 Å². The highest BCUT2D eigenvalue weighted by molar-refractivity contribution is 5.97.